The van der Waals surface area contributed by atoms with Gasteiger partial charge >= 0.3 is 0 Å². The van der Waals surface area contributed by atoms with Crippen LogP contribution in [0, 0.1) is 0 Å². The maximum absolute atomic E-state index is 13.4. The average molecular weight is 481 g/mol. The number of carbonyl (C=O) groups is 2. The van der Waals surface area contributed by atoms with Gasteiger partial charge in [-0.25, -0.2) is 0 Å². The van der Waals surface area contributed by atoms with E-state index in [9.17, 15) is 9.59 Å². The van der Waals surface area contributed by atoms with Gasteiger partial charge in [0.05, 0.1) is 0 Å². The summed E-state index contributed by atoms with van der Waals surface area (Å²) < 4.78 is 0. The molecule has 0 aliphatic heterocycles. The molecule has 0 heterocycles. The summed E-state index contributed by atoms with van der Waals surface area (Å²) in [7, 11) is 0. The number of hydrogen-bond donors (Lipinski definition) is 1. The summed E-state index contributed by atoms with van der Waals surface area (Å²) in [6.45, 7) is 2.80. The molecule has 6 heteroatoms. The highest BCUT2D eigenvalue weighted by atomic mass is 35.5. The standard InChI is InChI=1S/C27H29ClN2O2S/c1-2-29-27(32)25(19-21-9-5-3-6-10-21)30(20-22-11-7-4-8-12-22)26(31)17-18-33-24-15-13-23(28)14-16-24/h3-16,25H,2,17-20H2,1H3,(H,29,32)/t25-/m0/s1. The van der Waals surface area contributed by atoms with Crippen molar-refractivity contribution in [2.45, 2.75) is 37.2 Å². The van der Waals surface area contributed by atoms with Crippen molar-refractivity contribution >= 4 is 35.2 Å². The molecule has 4 nitrogen and oxygen atoms in total. The highest BCUT2D eigenvalue weighted by molar-refractivity contribution is 7.99. The SMILES string of the molecule is CCNC(=O)[C@H](Cc1ccccc1)N(Cc1ccccc1)C(=O)CCSc1ccc(Cl)cc1. The number of rotatable bonds is 11. The van der Waals surface area contributed by atoms with Gasteiger partial charge in [0.1, 0.15) is 6.04 Å². The Morgan fingerprint density at radius 1 is 0.909 bits per heavy atom. The van der Waals surface area contributed by atoms with Crippen LogP contribution in [0.3, 0.4) is 0 Å². The van der Waals surface area contributed by atoms with E-state index in [1.54, 1.807) is 16.7 Å². The molecule has 0 bridgehead atoms. The minimum absolute atomic E-state index is 0.0347. The molecule has 1 atom stereocenters. The van der Waals surface area contributed by atoms with E-state index in [0.29, 0.717) is 36.7 Å². The third kappa shape index (κ3) is 7.95. The highest BCUT2D eigenvalue weighted by Gasteiger charge is 2.29. The molecule has 2 amide bonds. The molecule has 172 valence electrons. The van der Waals surface area contributed by atoms with Crippen molar-refractivity contribution in [3.8, 4) is 0 Å². The van der Waals surface area contributed by atoms with Gasteiger partial charge in [-0.3, -0.25) is 9.59 Å². The molecule has 0 aliphatic carbocycles. The zero-order valence-electron chi connectivity index (χ0n) is 18.7. The van der Waals surface area contributed by atoms with Gasteiger partial charge in [-0.05, 0) is 42.3 Å². The second kappa shape index (κ2) is 13.1. The van der Waals surface area contributed by atoms with E-state index in [1.807, 2.05) is 91.9 Å². The molecule has 0 saturated heterocycles. The van der Waals surface area contributed by atoms with Crippen molar-refractivity contribution in [2.75, 3.05) is 12.3 Å². The smallest absolute Gasteiger partial charge is 0.243 e. The zero-order valence-corrected chi connectivity index (χ0v) is 20.3. The Kier molecular flexibility index (Phi) is 9.85. The summed E-state index contributed by atoms with van der Waals surface area (Å²) in [5.74, 6) is 0.461. The van der Waals surface area contributed by atoms with Crippen molar-refractivity contribution in [1.29, 1.82) is 0 Å². The molecule has 0 aliphatic rings. The second-order valence-electron chi connectivity index (χ2n) is 7.66. The Labute approximate surface area is 205 Å². The molecule has 0 aromatic heterocycles. The van der Waals surface area contributed by atoms with Gasteiger partial charge in [0.15, 0.2) is 0 Å². The third-order valence-electron chi connectivity index (χ3n) is 5.22. The first-order valence-corrected chi connectivity index (χ1v) is 12.5. The van der Waals surface area contributed by atoms with Crippen LogP contribution >= 0.6 is 23.4 Å². The molecule has 0 unspecified atom stereocenters. The minimum Gasteiger partial charge on any atom is -0.355 e. The highest BCUT2D eigenvalue weighted by Crippen LogP contribution is 2.22. The van der Waals surface area contributed by atoms with Crippen molar-refractivity contribution in [3.05, 3.63) is 101 Å². The Morgan fingerprint density at radius 3 is 2.12 bits per heavy atom. The van der Waals surface area contributed by atoms with Crippen LogP contribution in [0.15, 0.2) is 89.8 Å². The van der Waals surface area contributed by atoms with Crippen LogP contribution in [0.25, 0.3) is 0 Å². The lowest BCUT2D eigenvalue weighted by atomic mass is 10.0. The Morgan fingerprint density at radius 2 is 1.52 bits per heavy atom. The zero-order chi connectivity index (χ0) is 23.5. The lowest BCUT2D eigenvalue weighted by Crippen LogP contribution is -2.50. The third-order valence-corrected chi connectivity index (χ3v) is 6.48. The number of likely N-dealkylation sites (N-methyl/N-ethyl adjacent to an activating group) is 1. The van der Waals surface area contributed by atoms with E-state index >= 15 is 0 Å². The fraction of sp³-hybridized carbons (Fsp3) is 0.259. The van der Waals surface area contributed by atoms with Crippen LogP contribution in [-0.2, 0) is 22.6 Å². The van der Waals surface area contributed by atoms with Crippen LogP contribution in [0.5, 0.6) is 0 Å². The maximum atomic E-state index is 13.4. The first-order valence-electron chi connectivity index (χ1n) is 11.1. The van der Waals surface area contributed by atoms with Gasteiger partial charge in [-0.1, -0.05) is 72.3 Å². The van der Waals surface area contributed by atoms with E-state index < -0.39 is 6.04 Å². The van der Waals surface area contributed by atoms with Crippen molar-refractivity contribution in [1.82, 2.24) is 10.2 Å². The molecule has 1 N–H and O–H groups in total. The monoisotopic (exact) mass is 480 g/mol. The summed E-state index contributed by atoms with van der Waals surface area (Å²) in [6, 6.07) is 26.7. The Balaban J connectivity index is 1.79. The minimum atomic E-state index is -0.583. The van der Waals surface area contributed by atoms with Crippen LogP contribution in [0.4, 0.5) is 0 Å². The molecule has 3 rings (SSSR count). The second-order valence-corrected chi connectivity index (χ2v) is 9.26. The molecular formula is C27H29ClN2O2S. The molecule has 3 aromatic rings. The number of thioether (sulfide) groups is 1. The number of benzene rings is 3. The van der Waals surface area contributed by atoms with Crippen LogP contribution in [0.2, 0.25) is 5.02 Å². The fourth-order valence-corrected chi connectivity index (χ4v) is 4.52. The van der Waals surface area contributed by atoms with Gasteiger partial charge in [0.25, 0.3) is 0 Å². The number of nitrogens with zero attached hydrogens (tertiary/aromatic N) is 1. The first kappa shape index (κ1) is 24.9. The summed E-state index contributed by atoms with van der Waals surface area (Å²) in [4.78, 5) is 29.3. The number of nitrogens with one attached hydrogen (secondary N) is 1. The van der Waals surface area contributed by atoms with E-state index in [2.05, 4.69) is 5.32 Å². The Hall–Kier alpha value is -2.76. The van der Waals surface area contributed by atoms with E-state index in [0.717, 1.165) is 16.0 Å². The molecule has 33 heavy (non-hydrogen) atoms. The molecule has 0 saturated carbocycles. The van der Waals surface area contributed by atoms with Gasteiger partial charge in [0, 0.05) is 41.6 Å². The van der Waals surface area contributed by atoms with Crippen LogP contribution < -0.4 is 5.32 Å². The topological polar surface area (TPSA) is 49.4 Å². The van der Waals surface area contributed by atoms with Crippen LogP contribution in [-0.4, -0.2) is 35.1 Å². The maximum Gasteiger partial charge on any atom is 0.243 e. The van der Waals surface area contributed by atoms with E-state index in [-0.39, 0.29) is 11.8 Å². The predicted molar refractivity (Wildman–Crippen MR) is 136 cm³/mol. The number of amides is 2. The molecule has 0 radical (unpaired) electrons. The number of carbonyl (C=O) groups excluding carboxylic acids is 2. The predicted octanol–water partition coefficient (Wildman–Crippen LogP) is 5.60. The van der Waals surface area contributed by atoms with Crippen molar-refractivity contribution < 1.29 is 9.59 Å². The van der Waals surface area contributed by atoms with Crippen LogP contribution in [0.1, 0.15) is 24.5 Å². The largest absolute Gasteiger partial charge is 0.355 e. The lowest BCUT2D eigenvalue weighted by molar-refractivity contribution is -0.140. The fourth-order valence-electron chi connectivity index (χ4n) is 3.56. The molecule has 0 spiro atoms. The van der Waals surface area contributed by atoms with Gasteiger partial charge < -0.3 is 10.2 Å². The van der Waals surface area contributed by atoms with Gasteiger partial charge in [0.2, 0.25) is 11.8 Å². The summed E-state index contributed by atoms with van der Waals surface area (Å²) >= 11 is 7.57. The van der Waals surface area contributed by atoms with Gasteiger partial charge in [-0.2, -0.15) is 0 Å². The van der Waals surface area contributed by atoms with E-state index in [4.69, 9.17) is 11.6 Å². The molecule has 0 fully saturated rings. The van der Waals surface area contributed by atoms with Gasteiger partial charge in [-0.15, -0.1) is 11.8 Å². The summed E-state index contributed by atoms with van der Waals surface area (Å²) in [5, 5.41) is 3.61. The Bertz CT molecular complexity index is 1010. The lowest BCUT2D eigenvalue weighted by Gasteiger charge is -2.31. The summed E-state index contributed by atoms with van der Waals surface area (Å²) in [5.41, 5.74) is 2.02. The number of halogens is 1. The number of hydrogen-bond acceptors (Lipinski definition) is 3. The molecule has 3 aromatic carbocycles. The van der Waals surface area contributed by atoms with Crippen molar-refractivity contribution in [2.24, 2.45) is 0 Å². The first-order chi connectivity index (χ1) is 16.1. The normalized spacial score (nSPS) is 11.6. The molecular weight excluding hydrogens is 452 g/mol. The van der Waals surface area contributed by atoms with Crippen molar-refractivity contribution in [3.63, 3.8) is 0 Å². The quantitative estimate of drug-likeness (QED) is 0.363. The van der Waals surface area contributed by atoms with E-state index in [1.165, 1.54) is 0 Å². The average Bonchev–Trinajstić information content (AvgIpc) is 2.84. The summed E-state index contributed by atoms with van der Waals surface area (Å²) in [6.07, 6.45) is 0.806.